The van der Waals surface area contributed by atoms with Crippen molar-refractivity contribution in [2.75, 3.05) is 19.0 Å². The number of halogens is 2. The number of furan rings is 1. The van der Waals surface area contributed by atoms with Gasteiger partial charge in [0.2, 0.25) is 0 Å². The van der Waals surface area contributed by atoms with Crippen LogP contribution in [-0.4, -0.2) is 31.6 Å². The number of methoxy groups -OCH3 is 1. The van der Waals surface area contributed by atoms with Crippen molar-refractivity contribution in [1.29, 1.82) is 0 Å². The molecule has 1 N–H and O–H groups in total. The molecule has 2 heterocycles. The van der Waals surface area contributed by atoms with Gasteiger partial charge < -0.3 is 19.2 Å². The van der Waals surface area contributed by atoms with Gasteiger partial charge in [0.05, 0.1) is 24.3 Å². The van der Waals surface area contributed by atoms with Gasteiger partial charge in [-0.05, 0) is 49.7 Å². The first-order chi connectivity index (χ1) is 14.8. The van der Waals surface area contributed by atoms with Gasteiger partial charge in [-0.3, -0.25) is 4.79 Å². The second-order valence-electron chi connectivity index (χ2n) is 6.21. The Bertz CT molecular complexity index is 1170. The molecule has 7 nitrogen and oxygen atoms in total. The Balaban J connectivity index is 1.92. The third-order valence-corrected chi connectivity index (χ3v) is 5.99. The van der Waals surface area contributed by atoms with Crippen molar-refractivity contribution in [2.45, 2.75) is 13.8 Å². The molecule has 0 unspecified atom stereocenters. The van der Waals surface area contributed by atoms with Crippen molar-refractivity contribution in [3.8, 4) is 11.3 Å². The summed E-state index contributed by atoms with van der Waals surface area (Å²) in [5, 5.41) is 3.62. The maximum Gasteiger partial charge on any atom is 0.348 e. The van der Waals surface area contributed by atoms with Crippen LogP contribution in [0.1, 0.15) is 43.1 Å². The van der Waals surface area contributed by atoms with Crippen molar-refractivity contribution >= 4 is 57.4 Å². The number of benzene rings is 1. The molecular formula is C21H17Cl2NO6S. The summed E-state index contributed by atoms with van der Waals surface area (Å²) in [5.74, 6) is -1.53. The Morgan fingerprint density at radius 1 is 1.13 bits per heavy atom. The zero-order valence-corrected chi connectivity index (χ0v) is 19.0. The van der Waals surface area contributed by atoms with Crippen LogP contribution in [-0.2, 0) is 9.47 Å². The number of ether oxygens (including phenoxy) is 2. The molecule has 31 heavy (non-hydrogen) atoms. The number of carbonyl (C=O) groups is 3. The summed E-state index contributed by atoms with van der Waals surface area (Å²) in [6.07, 6.45) is 0. The third kappa shape index (κ3) is 4.76. The predicted molar refractivity (Wildman–Crippen MR) is 118 cm³/mol. The maximum atomic E-state index is 12.8. The fraction of sp³-hybridized carbons (Fsp3) is 0.190. The maximum absolute atomic E-state index is 12.8. The molecule has 1 amide bonds. The first-order valence-electron chi connectivity index (χ1n) is 9.02. The third-order valence-electron chi connectivity index (χ3n) is 4.25. The van der Waals surface area contributed by atoms with E-state index >= 15 is 0 Å². The fourth-order valence-corrected chi connectivity index (χ4v) is 4.41. The summed E-state index contributed by atoms with van der Waals surface area (Å²) in [6.45, 7) is 3.38. The summed E-state index contributed by atoms with van der Waals surface area (Å²) < 4.78 is 15.5. The topological polar surface area (TPSA) is 94.8 Å². The Morgan fingerprint density at radius 2 is 1.87 bits per heavy atom. The molecule has 0 radical (unpaired) electrons. The summed E-state index contributed by atoms with van der Waals surface area (Å²) in [6, 6.07) is 7.96. The van der Waals surface area contributed by atoms with Crippen LogP contribution in [0.5, 0.6) is 0 Å². The van der Waals surface area contributed by atoms with Gasteiger partial charge in [-0.15, -0.1) is 11.3 Å². The minimum Gasteiger partial charge on any atom is -0.465 e. The number of nitrogens with one attached hydrogen (secondary N) is 1. The van der Waals surface area contributed by atoms with Crippen molar-refractivity contribution < 1.29 is 28.3 Å². The van der Waals surface area contributed by atoms with E-state index in [1.165, 1.54) is 13.2 Å². The largest absolute Gasteiger partial charge is 0.465 e. The second-order valence-corrected chi connectivity index (χ2v) is 8.08. The molecule has 0 aliphatic heterocycles. The first-order valence-corrected chi connectivity index (χ1v) is 10.6. The highest BCUT2D eigenvalue weighted by molar-refractivity contribution is 7.18. The van der Waals surface area contributed by atoms with Crippen LogP contribution < -0.4 is 5.32 Å². The predicted octanol–water partition coefficient (Wildman–Crippen LogP) is 5.84. The lowest BCUT2D eigenvalue weighted by atomic mass is 10.1. The Hall–Kier alpha value is -2.81. The number of carbonyl (C=O) groups excluding carboxylic acids is 3. The van der Waals surface area contributed by atoms with E-state index in [1.807, 2.05) is 0 Å². The molecule has 3 rings (SSSR count). The number of amides is 1. The number of thiophene rings is 1. The lowest BCUT2D eigenvalue weighted by molar-refractivity contribution is 0.0527. The zero-order valence-electron chi connectivity index (χ0n) is 16.7. The number of hydrogen-bond acceptors (Lipinski definition) is 7. The lowest BCUT2D eigenvalue weighted by Crippen LogP contribution is -2.14. The van der Waals surface area contributed by atoms with Crippen LogP contribution in [0.4, 0.5) is 5.00 Å². The minimum atomic E-state index is -0.658. The Kier molecular flexibility index (Phi) is 7.04. The molecule has 0 aliphatic carbocycles. The molecule has 0 saturated heterocycles. The summed E-state index contributed by atoms with van der Waals surface area (Å²) in [7, 11) is 1.23. The smallest absolute Gasteiger partial charge is 0.348 e. The number of hydrogen-bond donors (Lipinski definition) is 1. The quantitative estimate of drug-likeness (QED) is 0.444. The summed E-state index contributed by atoms with van der Waals surface area (Å²) >= 11 is 13.0. The Labute approximate surface area is 191 Å². The molecule has 1 aromatic carbocycles. The van der Waals surface area contributed by atoms with Gasteiger partial charge in [-0.1, -0.05) is 23.2 Å². The standard InChI is InChI=1S/C21H17Cl2NO6S/c1-4-29-20(26)16-10(2)17(21(27)28-3)31-19(16)24-18(25)15-8-7-14(30-15)12-6-5-11(22)9-13(12)23/h5-9H,4H2,1-3H3,(H,24,25). The van der Waals surface area contributed by atoms with E-state index in [0.717, 1.165) is 11.3 Å². The molecular weight excluding hydrogens is 465 g/mol. The van der Waals surface area contributed by atoms with Gasteiger partial charge >= 0.3 is 11.9 Å². The first kappa shape index (κ1) is 22.9. The molecule has 3 aromatic rings. The van der Waals surface area contributed by atoms with Gasteiger partial charge in [0.15, 0.2) is 5.76 Å². The summed E-state index contributed by atoms with van der Waals surface area (Å²) in [5.41, 5.74) is 1.02. The monoisotopic (exact) mass is 481 g/mol. The zero-order chi connectivity index (χ0) is 22.7. The highest BCUT2D eigenvalue weighted by Gasteiger charge is 2.28. The van der Waals surface area contributed by atoms with Gasteiger partial charge in [-0.2, -0.15) is 0 Å². The Morgan fingerprint density at radius 3 is 2.52 bits per heavy atom. The molecule has 0 atom stereocenters. The van der Waals surface area contributed by atoms with Crippen LogP contribution in [0.25, 0.3) is 11.3 Å². The van der Waals surface area contributed by atoms with Crippen molar-refractivity contribution in [3.63, 3.8) is 0 Å². The number of anilines is 1. The average molecular weight is 482 g/mol. The van der Waals surface area contributed by atoms with Gasteiger partial charge in [-0.25, -0.2) is 9.59 Å². The number of esters is 2. The average Bonchev–Trinajstić information content (AvgIpc) is 3.33. The van der Waals surface area contributed by atoms with E-state index in [2.05, 4.69) is 5.32 Å². The van der Waals surface area contributed by atoms with Crippen molar-refractivity contribution in [2.24, 2.45) is 0 Å². The highest BCUT2D eigenvalue weighted by Crippen LogP contribution is 2.35. The normalized spacial score (nSPS) is 10.6. The second kappa shape index (κ2) is 9.55. The molecule has 0 bridgehead atoms. The summed E-state index contributed by atoms with van der Waals surface area (Å²) in [4.78, 5) is 37.4. The van der Waals surface area contributed by atoms with Gasteiger partial charge in [0.1, 0.15) is 15.6 Å². The minimum absolute atomic E-state index is 0.0125. The van der Waals surface area contributed by atoms with Crippen LogP contribution in [0.2, 0.25) is 10.0 Å². The SMILES string of the molecule is CCOC(=O)c1c(NC(=O)c2ccc(-c3ccc(Cl)cc3Cl)o2)sc(C(=O)OC)c1C. The highest BCUT2D eigenvalue weighted by atomic mass is 35.5. The van der Waals surface area contributed by atoms with E-state index in [4.69, 9.17) is 37.1 Å². The van der Waals surface area contributed by atoms with Crippen LogP contribution in [0, 0.1) is 6.92 Å². The van der Waals surface area contributed by atoms with E-state index in [-0.39, 0.29) is 27.8 Å². The van der Waals surface area contributed by atoms with Crippen molar-refractivity contribution in [1.82, 2.24) is 0 Å². The van der Waals surface area contributed by atoms with Gasteiger partial charge in [0, 0.05) is 10.6 Å². The van der Waals surface area contributed by atoms with E-state index in [9.17, 15) is 14.4 Å². The lowest BCUT2D eigenvalue weighted by Gasteiger charge is -2.06. The molecule has 0 saturated carbocycles. The van der Waals surface area contributed by atoms with Crippen LogP contribution >= 0.6 is 34.5 Å². The van der Waals surface area contributed by atoms with E-state index < -0.39 is 17.8 Å². The molecule has 10 heteroatoms. The molecule has 2 aromatic heterocycles. The van der Waals surface area contributed by atoms with E-state index in [0.29, 0.717) is 26.9 Å². The fourth-order valence-electron chi connectivity index (χ4n) is 2.80. The van der Waals surface area contributed by atoms with E-state index in [1.54, 1.807) is 38.1 Å². The van der Waals surface area contributed by atoms with Gasteiger partial charge in [0.25, 0.3) is 5.91 Å². The van der Waals surface area contributed by atoms with Crippen LogP contribution in [0.15, 0.2) is 34.7 Å². The molecule has 0 aliphatic rings. The number of rotatable bonds is 6. The molecule has 162 valence electrons. The molecule has 0 spiro atoms. The van der Waals surface area contributed by atoms with Crippen LogP contribution in [0.3, 0.4) is 0 Å². The van der Waals surface area contributed by atoms with Crippen molar-refractivity contribution in [3.05, 3.63) is 62.1 Å². The molecule has 0 fully saturated rings.